The molecule has 0 aliphatic rings. The minimum Gasteiger partial charge on any atom is -0.465 e. The lowest BCUT2D eigenvalue weighted by Crippen LogP contribution is -2.19. The third-order valence-electron chi connectivity index (χ3n) is 7.04. The molecule has 2 nitrogen and oxygen atoms in total. The molecule has 0 saturated carbocycles. The molecule has 32 heavy (non-hydrogen) atoms. The van der Waals surface area contributed by atoms with Gasteiger partial charge in [0, 0.05) is 0 Å². The maximum Gasteiger partial charge on any atom is 0.308 e. The van der Waals surface area contributed by atoms with E-state index < -0.39 is 0 Å². The Balaban J connectivity index is 3.95. The van der Waals surface area contributed by atoms with Gasteiger partial charge in [-0.3, -0.25) is 4.79 Å². The number of hydrogen-bond donors (Lipinski definition) is 0. The van der Waals surface area contributed by atoms with Crippen LogP contribution in [0.4, 0.5) is 0 Å². The molecule has 0 bridgehead atoms. The van der Waals surface area contributed by atoms with Crippen molar-refractivity contribution in [3.05, 3.63) is 0 Å². The summed E-state index contributed by atoms with van der Waals surface area (Å²) in [6, 6.07) is 0. The average molecular weight is 453 g/mol. The van der Waals surface area contributed by atoms with Crippen LogP contribution in [-0.4, -0.2) is 12.6 Å². The highest BCUT2D eigenvalue weighted by molar-refractivity contribution is 5.71. The zero-order valence-corrected chi connectivity index (χ0v) is 22.7. The van der Waals surface area contributed by atoms with E-state index in [4.69, 9.17) is 4.74 Å². The molecule has 2 unspecified atom stereocenters. The Hall–Kier alpha value is -0.530. The number of carbonyl (C=O) groups is 1. The molecule has 0 heterocycles. The molecule has 2 atom stereocenters. The first-order chi connectivity index (χ1) is 15.7. The summed E-state index contributed by atoms with van der Waals surface area (Å²) >= 11 is 0. The zero-order chi connectivity index (χ0) is 23.7. The fourth-order valence-corrected chi connectivity index (χ4v) is 4.61. The number of esters is 1. The summed E-state index contributed by atoms with van der Waals surface area (Å²) in [5.74, 6) is 0.678. The molecule has 0 N–H and O–H groups in total. The van der Waals surface area contributed by atoms with Crippen LogP contribution in [0.3, 0.4) is 0 Å². The Labute approximate surface area is 203 Å². The zero-order valence-electron chi connectivity index (χ0n) is 22.7. The van der Waals surface area contributed by atoms with E-state index in [1.54, 1.807) is 0 Å². The van der Waals surface area contributed by atoms with Gasteiger partial charge in [0.05, 0.1) is 12.5 Å². The summed E-state index contributed by atoms with van der Waals surface area (Å²) in [7, 11) is 0. The fraction of sp³-hybridized carbons (Fsp3) is 0.967. The number of ether oxygens (including phenoxy) is 1. The fourth-order valence-electron chi connectivity index (χ4n) is 4.61. The summed E-state index contributed by atoms with van der Waals surface area (Å²) in [4.78, 5) is 12.5. The van der Waals surface area contributed by atoms with Crippen LogP contribution < -0.4 is 0 Å². The monoisotopic (exact) mass is 452 g/mol. The van der Waals surface area contributed by atoms with Crippen LogP contribution in [0.1, 0.15) is 169 Å². The van der Waals surface area contributed by atoms with Crippen molar-refractivity contribution in [1.29, 1.82) is 0 Å². The van der Waals surface area contributed by atoms with Crippen molar-refractivity contribution in [2.75, 3.05) is 6.61 Å². The standard InChI is InChI=1S/C30H60O2/c1-5-8-11-13-15-16-17-18-20-23-26-29(25-21-10-7-3)27-32-30(31)28(4)24-22-19-14-12-9-6-2/h28-29H,5-27H2,1-4H3. The normalized spacial score (nSPS) is 13.2. The molecule has 0 aromatic heterocycles. The number of rotatable bonds is 25. The van der Waals surface area contributed by atoms with Crippen molar-refractivity contribution in [3.8, 4) is 0 Å². The maximum atomic E-state index is 12.5. The van der Waals surface area contributed by atoms with Crippen LogP contribution in [0.5, 0.6) is 0 Å². The van der Waals surface area contributed by atoms with Gasteiger partial charge in [0.25, 0.3) is 0 Å². The smallest absolute Gasteiger partial charge is 0.308 e. The van der Waals surface area contributed by atoms with Gasteiger partial charge < -0.3 is 4.74 Å². The molecule has 0 aliphatic heterocycles. The van der Waals surface area contributed by atoms with Crippen molar-refractivity contribution < 1.29 is 9.53 Å². The van der Waals surface area contributed by atoms with Crippen LogP contribution in [0.15, 0.2) is 0 Å². The topological polar surface area (TPSA) is 26.3 Å². The van der Waals surface area contributed by atoms with E-state index in [1.807, 2.05) is 0 Å². The molecule has 0 aromatic carbocycles. The molecule has 0 radical (unpaired) electrons. The lowest BCUT2D eigenvalue weighted by Gasteiger charge is -2.19. The van der Waals surface area contributed by atoms with Crippen LogP contribution in [0.25, 0.3) is 0 Å². The molecular formula is C30H60O2. The first kappa shape index (κ1) is 31.5. The Morgan fingerprint density at radius 1 is 0.531 bits per heavy atom. The van der Waals surface area contributed by atoms with E-state index in [-0.39, 0.29) is 11.9 Å². The van der Waals surface area contributed by atoms with Crippen molar-refractivity contribution in [2.24, 2.45) is 11.8 Å². The van der Waals surface area contributed by atoms with E-state index in [0.29, 0.717) is 12.5 Å². The molecule has 0 fully saturated rings. The SMILES string of the molecule is CCCCCCCCCCCCC(CCCCC)COC(=O)C(C)CCCCCCCC. The van der Waals surface area contributed by atoms with E-state index in [1.165, 1.54) is 135 Å². The summed E-state index contributed by atoms with van der Waals surface area (Å²) < 4.78 is 5.80. The third kappa shape index (κ3) is 21.3. The Bertz CT molecular complexity index is 379. The Morgan fingerprint density at radius 2 is 0.875 bits per heavy atom. The minimum absolute atomic E-state index is 0.0436. The van der Waals surface area contributed by atoms with Gasteiger partial charge in [-0.15, -0.1) is 0 Å². The second-order valence-electron chi connectivity index (χ2n) is 10.4. The summed E-state index contributed by atoms with van der Waals surface area (Å²) in [5, 5.41) is 0. The van der Waals surface area contributed by atoms with E-state index in [9.17, 15) is 4.79 Å². The Kier molecular flexibility index (Phi) is 24.7. The molecule has 0 aromatic rings. The molecule has 0 amide bonds. The van der Waals surface area contributed by atoms with Gasteiger partial charge in [-0.2, -0.15) is 0 Å². The highest BCUT2D eigenvalue weighted by Gasteiger charge is 2.17. The van der Waals surface area contributed by atoms with Crippen LogP contribution in [0.2, 0.25) is 0 Å². The van der Waals surface area contributed by atoms with Gasteiger partial charge in [-0.25, -0.2) is 0 Å². The van der Waals surface area contributed by atoms with Crippen molar-refractivity contribution >= 4 is 5.97 Å². The second kappa shape index (κ2) is 25.1. The van der Waals surface area contributed by atoms with E-state index in [0.717, 1.165) is 6.42 Å². The quantitative estimate of drug-likeness (QED) is 0.102. The number of unbranched alkanes of at least 4 members (excludes halogenated alkanes) is 16. The largest absolute Gasteiger partial charge is 0.465 e. The molecule has 192 valence electrons. The molecule has 0 aliphatic carbocycles. The summed E-state index contributed by atoms with van der Waals surface area (Å²) in [6.45, 7) is 9.52. The van der Waals surface area contributed by atoms with Gasteiger partial charge in [0.15, 0.2) is 0 Å². The third-order valence-corrected chi connectivity index (χ3v) is 7.04. The molecule has 0 rings (SSSR count). The Morgan fingerprint density at radius 3 is 1.34 bits per heavy atom. The number of carbonyl (C=O) groups excluding carboxylic acids is 1. The highest BCUT2D eigenvalue weighted by Crippen LogP contribution is 2.21. The summed E-state index contributed by atoms with van der Waals surface area (Å²) in [5.41, 5.74) is 0. The van der Waals surface area contributed by atoms with Crippen molar-refractivity contribution in [1.82, 2.24) is 0 Å². The lowest BCUT2D eigenvalue weighted by molar-refractivity contribution is -0.149. The van der Waals surface area contributed by atoms with Gasteiger partial charge in [0.1, 0.15) is 0 Å². The van der Waals surface area contributed by atoms with Crippen LogP contribution in [0, 0.1) is 11.8 Å². The van der Waals surface area contributed by atoms with Crippen molar-refractivity contribution in [3.63, 3.8) is 0 Å². The highest BCUT2D eigenvalue weighted by atomic mass is 16.5. The average Bonchev–Trinajstić information content (AvgIpc) is 2.80. The van der Waals surface area contributed by atoms with E-state index in [2.05, 4.69) is 27.7 Å². The minimum atomic E-state index is 0.0436. The van der Waals surface area contributed by atoms with Gasteiger partial charge >= 0.3 is 5.97 Å². The van der Waals surface area contributed by atoms with Gasteiger partial charge in [-0.05, 0) is 25.2 Å². The van der Waals surface area contributed by atoms with Crippen LogP contribution in [-0.2, 0) is 9.53 Å². The maximum absolute atomic E-state index is 12.5. The predicted octanol–water partition coefficient (Wildman–Crippen LogP) is 10.4. The number of hydrogen-bond acceptors (Lipinski definition) is 2. The lowest BCUT2D eigenvalue weighted by atomic mass is 9.95. The molecule has 0 saturated heterocycles. The van der Waals surface area contributed by atoms with Crippen LogP contribution >= 0.6 is 0 Å². The predicted molar refractivity (Wildman–Crippen MR) is 142 cm³/mol. The van der Waals surface area contributed by atoms with Gasteiger partial charge in [-0.1, -0.05) is 150 Å². The van der Waals surface area contributed by atoms with Crippen molar-refractivity contribution in [2.45, 2.75) is 169 Å². The molecule has 0 spiro atoms. The summed E-state index contributed by atoms with van der Waals surface area (Å²) in [6.07, 6.45) is 28.9. The first-order valence-electron chi connectivity index (χ1n) is 14.8. The molecular weight excluding hydrogens is 392 g/mol. The van der Waals surface area contributed by atoms with E-state index >= 15 is 0 Å². The van der Waals surface area contributed by atoms with Gasteiger partial charge in [0.2, 0.25) is 0 Å². The second-order valence-corrected chi connectivity index (χ2v) is 10.4. The first-order valence-corrected chi connectivity index (χ1v) is 14.8. The molecule has 2 heteroatoms.